The number of nitrogens with one attached hydrogen (secondary N) is 1. The van der Waals surface area contributed by atoms with Crippen molar-refractivity contribution >= 4 is 5.69 Å². The summed E-state index contributed by atoms with van der Waals surface area (Å²) in [4.78, 5) is 5.11. The summed E-state index contributed by atoms with van der Waals surface area (Å²) in [5.41, 5.74) is 3.30. The van der Waals surface area contributed by atoms with Crippen molar-refractivity contribution in [1.82, 2.24) is 0 Å². The van der Waals surface area contributed by atoms with Gasteiger partial charge in [-0.05, 0) is 12.1 Å². The maximum Gasteiger partial charge on any atom is 0.212 e. The lowest BCUT2D eigenvalue weighted by atomic mass is 10.1. The second kappa shape index (κ2) is 5.44. The number of aliphatic hydroxyl groups is 3. The lowest BCUT2D eigenvalue weighted by molar-refractivity contribution is -0.261. The van der Waals surface area contributed by atoms with Crippen molar-refractivity contribution in [3.05, 3.63) is 30.3 Å². The summed E-state index contributed by atoms with van der Waals surface area (Å²) in [6, 6.07) is 9.06. The molecule has 6 nitrogen and oxygen atoms in total. The highest BCUT2D eigenvalue weighted by atomic mass is 16.8. The van der Waals surface area contributed by atoms with E-state index in [-0.39, 0.29) is 6.61 Å². The number of hydrogen-bond donors (Lipinski definition) is 4. The van der Waals surface area contributed by atoms with Gasteiger partial charge in [0.05, 0.1) is 12.3 Å². The van der Waals surface area contributed by atoms with Gasteiger partial charge in [0, 0.05) is 0 Å². The Labute approximate surface area is 98.4 Å². The van der Waals surface area contributed by atoms with Gasteiger partial charge in [-0.2, -0.15) is 0 Å². The first-order valence-electron chi connectivity index (χ1n) is 5.31. The van der Waals surface area contributed by atoms with E-state index in [0.29, 0.717) is 5.69 Å². The first kappa shape index (κ1) is 12.3. The second-order valence-corrected chi connectivity index (χ2v) is 3.84. The highest BCUT2D eigenvalue weighted by Gasteiger charge is 2.38. The molecule has 0 aliphatic carbocycles. The Kier molecular flexibility index (Phi) is 3.93. The van der Waals surface area contributed by atoms with Gasteiger partial charge >= 0.3 is 0 Å². The summed E-state index contributed by atoms with van der Waals surface area (Å²) in [6.07, 6.45) is -4.68. The SMILES string of the molecule is OC1COC(ONc2ccccc2)C(O)C1O. The molecule has 17 heavy (non-hydrogen) atoms. The van der Waals surface area contributed by atoms with Crippen molar-refractivity contribution in [2.75, 3.05) is 12.1 Å². The van der Waals surface area contributed by atoms with Crippen molar-refractivity contribution in [3.8, 4) is 0 Å². The minimum absolute atomic E-state index is 0.0840. The van der Waals surface area contributed by atoms with Crippen molar-refractivity contribution in [2.45, 2.75) is 24.6 Å². The van der Waals surface area contributed by atoms with Gasteiger partial charge in [-0.25, -0.2) is 4.84 Å². The van der Waals surface area contributed by atoms with E-state index < -0.39 is 24.6 Å². The summed E-state index contributed by atoms with van der Waals surface area (Å²) in [6.45, 7) is -0.0840. The van der Waals surface area contributed by atoms with Crippen LogP contribution in [0.25, 0.3) is 0 Å². The number of hydrogen-bond acceptors (Lipinski definition) is 6. The number of benzene rings is 1. The van der Waals surface area contributed by atoms with E-state index in [2.05, 4.69) is 5.48 Å². The predicted molar refractivity (Wildman–Crippen MR) is 58.9 cm³/mol. The monoisotopic (exact) mass is 241 g/mol. The number of aliphatic hydroxyl groups excluding tert-OH is 3. The predicted octanol–water partition coefficient (Wildman–Crippen LogP) is -0.531. The lowest BCUT2D eigenvalue weighted by Crippen LogP contribution is -2.54. The Morgan fingerprint density at radius 1 is 1.12 bits per heavy atom. The highest BCUT2D eigenvalue weighted by molar-refractivity contribution is 5.40. The van der Waals surface area contributed by atoms with E-state index >= 15 is 0 Å². The van der Waals surface area contributed by atoms with Gasteiger partial charge in [0.2, 0.25) is 6.29 Å². The van der Waals surface area contributed by atoms with Crippen LogP contribution in [0.15, 0.2) is 30.3 Å². The summed E-state index contributed by atoms with van der Waals surface area (Å²) < 4.78 is 5.05. The van der Waals surface area contributed by atoms with Crippen LogP contribution in [0.5, 0.6) is 0 Å². The molecule has 0 spiro atoms. The van der Waals surface area contributed by atoms with Crippen molar-refractivity contribution in [1.29, 1.82) is 0 Å². The zero-order valence-electron chi connectivity index (χ0n) is 9.06. The zero-order chi connectivity index (χ0) is 12.3. The maximum absolute atomic E-state index is 9.59. The van der Waals surface area contributed by atoms with Crippen LogP contribution in [0.2, 0.25) is 0 Å². The molecule has 0 saturated carbocycles. The fourth-order valence-corrected chi connectivity index (χ4v) is 1.52. The second-order valence-electron chi connectivity index (χ2n) is 3.84. The molecule has 1 saturated heterocycles. The molecule has 0 amide bonds. The lowest BCUT2D eigenvalue weighted by Gasteiger charge is -2.34. The highest BCUT2D eigenvalue weighted by Crippen LogP contribution is 2.17. The third kappa shape index (κ3) is 2.93. The van der Waals surface area contributed by atoms with Gasteiger partial charge in [0.15, 0.2) is 0 Å². The van der Waals surface area contributed by atoms with Crippen LogP contribution < -0.4 is 5.48 Å². The van der Waals surface area contributed by atoms with Crippen LogP contribution in [0, 0.1) is 0 Å². The van der Waals surface area contributed by atoms with E-state index in [9.17, 15) is 15.3 Å². The molecular weight excluding hydrogens is 226 g/mol. The largest absolute Gasteiger partial charge is 0.388 e. The number of anilines is 1. The quantitative estimate of drug-likeness (QED) is 0.532. The summed E-state index contributed by atoms with van der Waals surface area (Å²) in [5.74, 6) is 0. The summed E-state index contributed by atoms with van der Waals surface area (Å²) in [5, 5.41) is 28.3. The van der Waals surface area contributed by atoms with E-state index in [1.54, 1.807) is 12.1 Å². The Hall–Kier alpha value is -1.18. The summed E-state index contributed by atoms with van der Waals surface area (Å²) in [7, 11) is 0. The topological polar surface area (TPSA) is 91.2 Å². The Morgan fingerprint density at radius 2 is 1.82 bits per heavy atom. The van der Waals surface area contributed by atoms with Gasteiger partial charge in [-0.3, -0.25) is 5.48 Å². The van der Waals surface area contributed by atoms with E-state index in [0.717, 1.165) is 0 Å². The molecule has 94 valence electrons. The molecule has 4 unspecified atom stereocenters. The van der Waals surface area contributed by atoms with Crippen LogP contribution in [0.4, 0.5) is 5.69 Å². The van der Waals surface area contributed by atoms with E-state index in [1.165, 1.54) is 0 Å². The molecule has 4 N–H and O–H groups in total. The molecule has 0 radical (unpaired) electrons. The Morgan fingerprint density at radius 3 is 2.53 bits per heavy atom. The van der Waals surface area contributed by atoms with E-state index in [1.807, 2.05) is 18.2 Å². The average molecular weight is 241 g/mol. The molecule has 4 atom stereocenters. The van der Waals surface area contributed by atoms with Gasteiger partial charge in [0.1, 0.15) is 18.3 Å². The average Bonchev–Trinajstić information content (AvgIpc) is 2.36. The minimum Gasteiger partial charge on any atom is -0.388 e. The molecule has 1 heterocycles. The molecule has 1 aliphatic heterocycles. The van der Waals surface area contributed by atoms with Gasteiger partial charge < -0.3 is 20.1 Å². The van der Waals surface area contributed by atoms with Crippen molar-refractivity contribution in [3.63, 3.8) is 0 Å². The molecule has 1 aromatic carbocycles. The Bertz CT molecular complexity index is 347. The third-order valence-corrected chi connectivity index (χ3v) is 2.52. The molecule has 1 aliphatic rings. The number of ether oxygens (including phenoxy) is 1. The maximum atomic E-state index is 9.59. The van der Waals surface area contributed by atoms with Gasteiger partial charge in [-0.15, -0.1) is 0 Å². The Balaban J connectivity index is 1.87. The van der Waals surface area contributed by atoms with Crippen LogP contribution in [-0.2, 0) is 9.57 Å². The van der Waals surface area contributed by atoms with Crippen molar-refractivity contribution < 1.29 is 24.9 Å². The molecule has 1 aromatic rings. The van der Waals surface area contributed by atoms with Crippen LogP contribution in [0.1, 0.15) is 0 Å². The summed E-state index contributed by atoms with van der Waals surface area (Å²) >= 11 is 0. The molecule has 6 heteroatoms. The van der Waals surface area contributed by atoms with Gasteiger partial charge in [-0.1, -0.05) is 18.2 Å². The van der Waals surface area contributed by atoms with Crippen LogP contribution in [0.3, 0.4) is 0 Å². The van der Waals surface area contributed by atoms with Crippen LogP contribution >= 0.6 is 0 Å². The normalized spacial score (nSPS) is 33.4. The fraction of sp³-hybridized carbons (Fsp3) is 0.455. The standard InChI is InChI=1S/C11H15NO5/c13-8-6-16-11(10(15)9(8)14)17-12-7-4-2-1-3-5-7/h1-5,8-15H,6H2. The zero-order valence-corrected chi connectivity index (χ0v) is 9.06. The van der Waals surface area contributed by atoms with E-state index in [4.69, 9.17) is 9.57 Å². The smallest absolute Gasteiger partial charge is 0.212 e. The van der Waals surface area contributed by atoms with Crippen LogP contribution in [-0.4, -0.2) is 46.5 Å². The number of para-hydroxylation sites is 1. The first-order valence-corrected chi connectivity index (χ1v) is 5.31. The molecule has 0 bridgehead atoms. The van der Waals surface area contributed by atoms with Crippen molar-refractivity contribution in [2.24, 2.45) is 0 Å². The van der Waals surface area contributed by atoms with Gasteiger partial charge in [0.25, 0.3) is 0 Å². The third-order valence-electron chi connectivity index (χ3n) is 2.52. The minimum atomic E-state index is -1.30. The number of rotatable bonds is 3. The molecule has 0 aromatic heterocycles. The fourth-order valence-electron chi connectivity index (χ4n) is 1.52. The molecular formula is C11H15NO5. The molecule has 2 rings (SSSR count). The first-order chi connectivity index (χ1) is 8.18. The molecule has 1 fully saturated rings.